The highest BCUT2D eigenvalue weighted by Gasteiger charge is 2.26. The van der Waals surface area contributed by atoms with Crippen molar-refractivity contribution in [3.63, 3.8) is 0 Å². The summed E-state index contributed by atoms with van der Waals surface area (Å²) in [6.07, 6.45) is 3.63. The molecule has 1 saturated heterocycles. The van der Waals surface area contributed by atoms with Crippen molar-refractivity contribution in [1.29, 1.82) is 0 Å². The number of rotatable bonds is 2. The lowest BCUT2D eigenvalue weighted by molar-refractivity contribution is 0.174. The molecule has 0 spiro atoms. The van der Waals surface area contributed by atoms with E-state index in [9.17, 15) is 0 Å². The molecular formula is C13H25NO. The third-order valence-electron chi connectivity index (χ3n) is 3.02. The fourth-order valence-corrected chi connectivity index (χ4v) is 2.55. The fraction of sp³-hybridized carbons (Fsp3) is 0.846. The first-order valence-electron chi connectivity index (χ1n) is 5.99. The first kappa shape index (κ1) is 12.6. The molecule has 1 rings (SSSR count). The standard InChI is InChI=1S/C13H25NO/c1-5-14-8-11(7-13(2,3)4)6-12(9-14)10-15/h10-11,15H,5-9H2,1-4H3/b12-10-/t11-/m0/s1. The maximum absolute atomic E-state index is 9.13. The van der Waals surface area contributed by atoms with E-state index < -0.39 is 0 Å². The number of aliphatic hydroxyl groups is 1. The van der Waals surface area contributed by atoms with Crippen molar-refractivity contribution in [2.75, 3.05) is 19.6 Å². The van der Waals surface area contributed by atoms with Crippen molar-refractivity contribution < 1.29 is 5.11 Å². The van der Waals surface area contributed by atoms with Crippen LogP contribution in [0.2, 0.25) is 0 Å². The number of hydrogen-bond acceptors (Lipinski definition) is 2. The van der Waals surface area contributed by atoms with Crippen LogP contribution >= 0.6 is 0 Å². The van der Waals surface area contributed by atoms with E-state index in [0.717, 1.165) is 19.5 Å². The van der Waals surface area contributed by atoms with Gasteiger partial charge in [-0.1, -0.05) is 27.7 Å². The van der Waals surface area contributed by atoms with Gasteiger partial charge in [-0.15, -0.1) is 0 Å². The Morgan fingerprint density at radius 2 is 2.13 bits per heavy atom. The molecule has 2 nitrogen and oxygen atoms in total. The Balaban J connectivity index is 2.58. The van der Waals surface area contributed by atoms with Gasteiger partial charge in [0.15, 0.2) is 0 Å². The summed E-state index contributed by atoms with van der Waals surface area (Å²) in [5.41, 5.74) is 1.58. The van der Waals surface area contributed by atoms with Crippen molar-refractivity contribution in [2.24, 2.45) is 11.3 Å². The lowest BCUT2D eigenvalue weighted by Gasteiger charge is -2.36. The highest BCUT2D eigenvalue weighted by Crippen LogP contribution is 2.31. The van der Waals surface area contributed by atoms with E-state index in [1.54, 1.807) is 0 Å². The second-order valence-corrected chi connectivity index (χ2v) is 5.95. The molecule has 0 aromatic carbocycles. The predicted molar refractivity (Wildman–Crippen MR) is 65.0 cm³/mol. The van der Waals surface area contributed by atoms with E-state index in [0.29, 0.717) is 11.3 Å². The molecule has 1 atom stereocenters. The zero-order valence-electron chi connectivity index (χ0n) is 10.6. The predicted octanol–water partition coefficient (Wildman–Crippen LogP) is 3.21. The maximum Gasteiger partial charge on any atom is 0.0796 e. The summed E-state index contributed by atoms with van der Waals surface area (Å²) in [5.74, 6) is 0.706. The summed E-state index contributed by atoms with van der Waals surface area (Å²) in [6, 6.07) is 0. The number of aliphatic hydroxyl groups excluding tert-OH is 1. The summed E-state index contributed by atoms with van der Waals surface area (Å²) in [5, 5.41) is 9.13. The van der Waals surface area contributed by atoms with Crippen LogP contribution in [0.25, 0.3) is 0 Å². The van der Waals surface area contributed by atoms with Crippen LogP contribution in [0.5, 0.6) is 0 Å². The molecule has 2 heteroatoms. The minimum atomic E-state index is 0.391. The van der Waals surface area contributed by atoms with Gasteiger partial charge in [0.1, 0.15) is 0 Å². The van der Waals surface area contributed by atoms with Crippen LogP contribution in [0.15, 0.2) is 11.8 Å². The molecule has 0 bridgehead atoms. The Kier molecular flexibility index (Phi) is 4.21. The van der Waals surface area contributed by atoms with E-state index in [2.05, 4.69) is 32.6 Å². The van der Waals surface area contributed by atoms with E-state index in [4.69, 9.17) is 5.11 Å². The maximum atomic E-state index is 9.13. The molecule has 1 heterocycles. The van der Waals surface area contributed by atoms with Crippen molar-refractivity contribution in [2.45, 2.75) is 40.5 Å². The van der Waals surface area contributed by atoms with Gasteiger partial charge in [-0.05, 0) is 36.3 Å². The van der Waals surface area contributed by atoms with Gasteiger partial charge in [-0.3, -0.25) is 4.90 Å². The second-order valence-electron chi connectivity index (χ2n) is 5.95. The molecule has 0 aliphatic carbocycles. The summed E-state index contributed by atoms with van der Waals surface area (Å²) < 4.78 is 0. The van der Waals surface area contributed by atoms with Crippen molar-refractivity contribution in [3.8, 4) is 0 Å². The van der Waals surface area contributed by atoms with Gasteiger partial charge in [0.2, 0.25) is 0 Å². The highest BCUT2D eigenvalue weighted by molar-refractivity contribution is 5.05. The van der Waals surface area contributed by atoms with Crippen LogP contribution in [0.1, 0.15) is 40.5 Å². The minimum absolute atomic E-state index is 0.391. The molecule has 88 valence electrons. The fourth-order valence-electron chi connectivity index (χ4n) is 2.55. The van der Waals surface area contributed by atoms with E-state index in [1.807, 2.05) is 0 Å². The van der Waals surface area contributed by atoms with Gasteiger partial charge in [0, 0.05) is 13.1 Å². The van der Waals surface area contributed by atoms with Crippen molar-refractivity contribution in [3.05, 3.63) is 11.8 Å². The molecule has 0 unspecified atom stereocenters. The van der Waals surface area contributed by atoms with Crippen LogP contribution in [-0.2, 0) is 0 Å². The Morgan fingerprint density at radius 3 is 2.60 bits per heavy atom. The summed E-state index contributed by atoms with van der Waals surface area (Å²) in [6.45, 7) is 12.3. The number of likely N-dealkylation sites (N-methyl/N-ethyl adjacent to an activating group) is 1. The Bertz CT molecular complexity index is 227. The van der Waals surface area contributed by atoms with Gasteiger partial charge in [0.05, 0.1) is 6.26 Å². The van der Waals surface area contributed by atoms with Crippen LogP contribution < -0.4 is 0 Å². The molecule has 1 aliphatic rings. The SMILES string of the molecule is CCN1C/C(=C\O)C[C@@H](CC(C)(C)C)C1. The minimum Gasteiger partial charge on any atom is -0.516 e. The number of likely N-dealkylation sites (tertiary alicyclic amines) is 1. The van der Waals surface area contributed by atoms with Crippen LogP contribution in [0.3, 0.4) is 0 Å². The van der Waals surface area contributed by atoms with Gasteiger partial charge < -0.3 is 5.11 Å². The zero-order chi connectivity index (χ0) is 11.5. The molecule has 1 aliphatic heterocycles. The molecule has 0 saturated carbocycles. The number of nitrogens with zero attached hydrogens (tertiary/aromatic N) is 1. The Morgan fingerprint density at radius 1 is 1.47 bits per heavy atom. The summed E-state index contributed by atoms with van der Waals surface area (Å²) in [7, 11) is 0. The molecule has 0 aromatic heterocycles. The summed E-state index contributed by atoms with van der Waals surface area (Å²) >= 11 is 0. The normalized spacial score (nSPS) is 27.2. The number of hydrogen-bond donors (Lipinski definition) is 1. The van der Waals surface area contributed by atoms with Gasteiger partial charge >= 0.3 is 0 Å². The third-order valence-corrected chi connectivity index (χ3v) is 3.02. The van der Waals surface area contributed by atoms with E-state index in [1.165, 1.54) is 24.8 Å². The topological polar surface area (TPSA) is 23.5 Å². The zero-order valence-corrected chi connectivity index (χ0v) is 10.6. The molecule has 0 amide bonds. The smallest absolute Gasteiger partial charge is 0.0796 e. The molecule has 0 radical (unpaired) electrons. The highest BCUT2D eigenvalue weighted by atomic mass is 16.2. The lowest BCUT2D eigenvalue weighted by atomic mass is 9.80. The molecule has 15 heavy (non-hydrogen) atoms. The first-order valence-corrected chi connectivity index (χ1v) is 5.99. The number of piperidine rings is 1. The van der Waals surface area contributed by atoms with Crippen LogP contribution in [0.4, 0.5) is 0 Å². The average molecular weight is 211 g/mol. The molecule has 1 N–H and O–H groups in total. The van der Waals surface area contributed by atoms with Crippen molar-refractivity contribution in [1.82, 2.24) is 4.90 Å². The van der Waals surface area contributed by atoms with E-state index >= 15 is 0 Å². The van der Waals surface area contributed by atoms with Gasteiger partial charge in [-0.2, -0.15) is 0 Å². The first-order chi connectivity index (χ1) is 6.94. The Hall–Kier alpha value is -0.500. The van der Waals surface area contributed by atoms with Gasteiger partial charge in [-0.25, -0.2) is 0 Å². The quantitative estimate of drug-likeness (QED) is 0.709. The molecule has 0 aromatic rings. The van der Waals surface area contributed by atoms with E-state index in [-0.39, 0.29) is 0 Å². The molecule has 1 fully saturated rings. The van der Waals surface area contributed by atoms with Gasteiger partial charge in [0.25, 0.3) is 0 Å². The van der Waals surface area contributed by atoms with Crippen LogP contribution in [0, 0.1) is 11.3 Å². The van der Waals surface area contributed by atoms with Crippen LogP contribution in [-0.4, -0.2) is 29.6 Å². The molecular weight excluding hydrogens is 186 g/mol. The largest absolute Gasteiger partial charge is 0.516 e. The summed E-state index contributed by atoms with van der Waals surface area (Å²) in [4.78, 5) is 2.42. The lowest BCUT2D eigenvalue weighted by Crippen LogP contribution is -2.37. The average Bonchev–Trinajstić information content (AvgIpc) is 2.14. The monoisotopic (exact) mass is 211 g/mol. The second kappa shape index (κ2) is 5.02. The third kappa shape index (κ3) is 4.25. The Labute approximate surface area is 94.0 Å². The van der Waals surface area contributed by atoms with Crippen molar-refractivity contribution >= 4 is 0 Å².